The summed E-state index contributed by atoms with van der Waals surface area (Å²) in [5, 5.41) is 4.08. The Morgan fingerprint density at radius 3 is 2.36 bits per heavy atom. The maximum Gasteiger partial charge on any atom is 0.220 e. The van der Waals surface area contributed by atoms with E-state index in [1.165, 1.54) is 0 Å². The van der Waals surface area contributed by atoms with Crippen LogP contribution in [0.3, 0.4) is 0 Å². The van der Waals surface area contributed by atoms with Gasteiger partial charge in [-0.2, -0.15) is 0 Å². The van der Waals surface area contributed by atoms with E-state index in [4.69, 9.17) is 23.2 Å². The maximum absolute atomic E-state index is 11.0. The van der Waals surface area contributed by atoms with Gasteiger partial charge in [0.05, 0.1) is 6.04 Å². The number of rotatable bonds is 1. The van der Waals surface area contributed by atoms with Crippen LogP contribution in [0.1, 0.15) is 24.4 Å². The van der Waals surface area contributed by atoms with E-state index in [0.717, 1.165) is 12.0 Å². The third-order valence-corrected chi connectivity index (χ3v) is 2.72. The summed E-state index contributed by atoms with van der Waals surface area (Å²) in [6, 6.07) is 5.43. The summed E-state index contributed by atoms with van der Waals surface area (Å²) in [4.78, 5) is 11.0. The van der Waals surface area contributed by atoms with E-state index in [-0.39, 0.29) is 11.9 Å². The zero-order valence-corrected chi connectivity index (χ0v) is 8.90. The molecule has 1 aliphatic heterocycles. The van der Waals surface area contributed by atoms with Crippen LogP contribution < -0.4 is 5.32 Å². The van der Waals surface area contributed by atoms with Gasteiger partial charge >= 0.3 is 0 Å². The van der Waals surface area contributed by atoms with Crippen molar-refractivity contribution in [2.75, 3.05) is 0 Å². The van der Waals surface area contributed by atoms with Crippen LogP contribution in [0, 0.1) is 0 Å². The Morgan fingerprint density at radius 1 is 1.21 bits per heavy atom. The fourth-order valence-corrected chi connectivity index (χ4v) is 2.18. The molecule has 2 rings (SSSR count). The Bertz CT molecular complexity index is 358. The van der Waals surface area contributed by atoms with Crippen molar-refractivity contribution in [3.63, 3.8) is 0 Å². The molecule has 1 atom stereocenters. The largest absolute Gasteiger partial charge is 0.349 e. The average Bonchev–Trinajstić information content (AvgIpc) is 2.50. The van der Waals surface area contributed by atoms with Gasteiger partial charge in [0.2, 0.25) is 5.91 Å². The summed E-state index contributed by atoms with van der Waals surface area (Å²) < 4.78 is 0. The molecular formula is C10H9Cl2NO. The van der Waals surface area contributed by atoms with Crippen molar-refractivity contribution in [3.05, 3.63) is 33.8 Å². The Hall–Kier alpha value is -0.730. The molecule has 2 nitrogen and oxygen atoms in total. The number of nitrogens with one attached hydrogen (secondary N) is 1. The third-order valence-electron chi connectivity index (χ3n) is 2.28. The second kappa shape index (κ2) is 3.79. The SMILES string of the molecule is O=C1CC[C@H](c2cc(Cl)cc(Cl)c2)N1. The summed E-state index contributed by atoms with van der Waals surface area (Å²) in [6.07, 6.45) is 1.39. The molecule has 0 bridgehead atoms. The minimum absolute atomic E-state index is 0.0682. The van der Waals surface area contributed by atoms with E-state index < -0.39 is 0 Å². The first-order valence-corrected chi connectivity index (χ1v) is 5.16. The van der Waals surface area contributed by atoms with E-state index in [9.17, 15) is 4.79 Å². The average molecular weight is 230 g/mol. The lowest BCUT2D eigenvalue weighted by molar-refractivity contribution is -0.119. The molecule has 0 aliphatic carbocycles. The summed E-state index contributed by atoms with van der Waals surface area (Å²) in [5.41, 5.74) is 0.980. The first-order valence-electron chi connectivity index (χ1n) is 4.40. The number of carbonyl (C=O) groups excluding carboxylic acids is 1. The third kappa shape index (κ3) is 2.02. The van der Waals surface area contributed by atoms with Gasteiger partial charge in [-0.3, -0.25) is 4.79 Å². The Labute approximate surface area is 92.2 Å². The van der Waals surface area contributed by atoms with Gasteiger partial charge in [0, 0.05) is 16.5 Å². The van der Waals surface area contributed by atoms with Gasteiger partial charge in [-0.15, -0.1) is 0 Å². The van der Waals surface area contributed by atoms with Crippen molar-refractivity contribution in [1.82, 2.24) is 5.32 Å². The molecule has 1 fully saturated rings. The first-order chi connectivity index (χ1) is 6.65. The number of carbonyl (C=O) groups is 1. The molecule has 0 unspecified atom stereocenters. The minimum Gasteiger partial charge on any atom is -0.349 e. The standard InChI is InChI=1S/C10H9Cl2NO/c11-7-3-6(4-8(12)5-7)9-1-2-10(14)13-9/h3-5,9H,1-2H2,(H,13,14)/t9-/m1/s1. The summed E-state index contributed by atoms with van der Waals surface area (Å²) in [6.45, 7) is 0. The molecule has 1 aromatic rings. The topological polar surface area (TPSA) is 29.1 Å². The molecule has 1 saturated heterocycles. The van der Waals surface area contributed by atoms with Crippen LogP contribution in [0.15, 0.2) is 18.2 Å². The van der Waals surface area contributed by atoms with Gasteiger partial charge in [0.1, 0.15) is 0 Å². The zero-order chi connectivity index (χ0) is 10.1. The van der Waals surface area contributed by atoms with E-state index in [1.807, 2.05) is 12.1 Å². The molecular weight excluding hydrogens is 221 g/mol. The molecule has 0 radical (unpaired) electrons. The van der Waals surface area contributed by atoms with E-state index in [0.29, 0.717) is 16.5 Å². The number of hydrogen-bond acceptors (Lipinski definition) is 1. The summed E-state index contributed by atoms with van der Waals surface area (Å²) in [5.74, 6) is 0.0890. The van der Waals surface area contributed by atoms with E-state index in [1.54, 1.807) is 6.07 Å². The van der Waals surface area contributed by atoms with Gasteiger partial charge in [-0.05, 0) is 30.2 Å². The van der Waals surface area contributed by atoms with Crippen LogP contribution >= 0.6 is 23.2 Å². The molecule has 0 spiro atoms. The zero-order valence-electron chi connectivity index (χ0n) is 7.39. The second-order valence-electron chi connectivity index (χ2n) is 3.36. The van der Waals surface area contributed by atoms with Crippen LogP contribution in [-0.4, -0.2) is 5.91 Å². The van der Waals surface area contributed by atoms with Crippen molar-refractivity contribution in [2.45, 2.75) is 18.9 Å². The van der Waals surface area contributed by atoms with Crippen molar-refractivity contribution >= 4 is 29.1 Å². The molecule has 0 aromatic heterocycles. The minimum atomic E-state index is 0.0682. The summed E-state index contributed by atoms with van der Waals surface area (Å²) >= 11 is 11.7. The van der Waals surface area contributed by atoms with E-state index >= 15 is 0 Å². The molecule has 1 amide bonds. The lowest BCUT2D eigenvalue weighted by Gasteiger charge is -2.10. The predicted molar refractivity (Wildman–Crippen MR) is 56.6 cm³/mol. The van der Waals surface area contributed by atoms with Gasteiger partial charge in [0.25, 0.3) is 0 Å². The molecule has 0 saturated carbocycles. The lowest BCUT2D eigenvalue weighted by Crippen LogP contribution is -2.18. The van der Waals surface area contributed by atoms with Crippen LogP contribution in [0.4, 0.5) is 0 Å². The molecule has 4 heteroatoms. The fraction of sp³-hybridized carbons (Fsp3) is 0.300. The van der Waals surface area contributed by atoms with Crippen molar-refractivity contribution in [2.24, 2.45) is 0 Å². The van der Waals surface area contributed by atoms with E-state index in [2.05, 4.69) is 5.32 Å². The van der Waals surface area contributed by atoms with Crippen LogP contribution in [0.2, 0.25) is 10.0 Å². The molecule has 74 valence electrons. The van der Waals surface area contributed by atoms with Crippen molar-refractivity contribution < 1.29 is 4.79 Å². The van der Waals surface area contributed by atoms with Gasteiger partial charge in [0.15, 0.2) is 0 Å². The van der Waals surface area contributed by atoms with Crippen LogP contribution in [0.5, 0.6) is 0 Å². The number of hydrogen-bond donors (Lipinski definition) is 1. The number of halogens is 2. The van der Waals surface area contributed by atoms with Crippen molar-refractivity contribution in [1.29, 1.82) is 0 Å². The van der Waals surface area contributed by atoms with Gasteiger partial charge < -0.3 is 5.32 Å². The van der Waals surface area contributed by atoms with Crippen LogP contribution in [-0.2, 0) is 4.79 Å². The maximum atomic E-state index is 11.0. The highest BCUT2D eigenvalue weighted by molar-refractivity contribution is 6.34. The van der Waals surface area contributed by atoms with Gasteiger partial charge in [-0.1, -0.05) is 23.2 Å². The Balaban J connectivity index is 2.27. The molecule has 1 aromatic carbocycles. The highest BCUT2D eigenvalue weighted by Crippen LogP contribution is 2.28. The fourth-order valence-electron chi connectivity index (χ4n) is 1.64. The van der Waals surface area contributed by atoms with Crippen LogP contribution in [0.25, 0.3) is 0 Å². The quantitative estimate of drug-likeness (QED) is 0.789. The molecule has 14 heavy (non-hydrogen) atoms. The normalized spacial score (nSPS) is 21.0. The Morgan fingerprint density at radius 2 is 1.86 bits per heavy atom. The monoisotopic (exact) mass is 229 g/mol. The number of amides is 1. The molecule has 1 heterocycles. The highest BCUT2D eigenvalue weighted by atomic mass is 35.5. The second-order valence-corrected chi connectivity index (χ2v) is 4.23. The van der Waals surface area contributed by atoms with Crippen molar-refractivity contribution in [3.8, 4) is 0 Å². The number of benzene rings is 1. The molecule has 1 aliphatic rings. The van der Waals surface area contributed by atoms with Gasteiger partial charge in [-0.25, -0.2) is 0 Å². The summed E-state index contributed by atoms with van der Waals surface area (Å²) in [7, 11) is 0. The predicted octanol–water partition coefficient (Wildman–Crippen LogP) is 2.94. The molecule has 1 N–H and O–H groups in total. The Kier molecular flexibility index (Phi) is 2.66. The lowest BCUT2D eigenvalue weighted by atomic mass is 10.1. The smallest absolute Gasteiger partial charge is 0.220 e. The first kappa shape index (κ1) is 9.81. The highest BCUT2D eigenvalue weighted by Gasteiger charge is 2.22.